The number of aliphatic carboxylic acids is 1. The van der Waals surface area contributed by atoms with Crippen molar-refractivity contribution in [3.8, 4) is 5.75 Å². The molecule has 2 N–H and O–H groups in total. The second-order valence-corrected chi connectivity index (χ2v) is 4.91. The van der Waals surface area contributed by atoms with Gasteiger partial charge >= 0.3 is 5.97 Å². The van der Waals surface area contributed by atoms with Gasteiger partial charge in [-0.25, -0.2) is 9.78 Å². The maximum atomic E-state index is 11.2. The molecule has 1 heterocycles. The highest BCUT2D eigenvalue weighted by molar-refractivity contribution is 8.04. The molecule has 0 radical (unpaired) electrons. The highest BCUT2D eigenvalue weighted by atomic mass is 32.2. The SMILES string of the molecule is CCc1nc(S/C(=C\c2ccc([O-])cc2)C(=O)O)n[nH]1. The number of nitrogens with zero attached hydrogens (tertiary/aromatic N) is 2. The number of carbonyl (C=O) groups is 1. The third-order valence-electron chi connectivity index (χ3n) is 2.44. The van der Waals surface area contributed by atoms with Gasteiger partial charge in [0.15, 0.2) is 0 Å². The number of nitrogens with one attached hydrogen (secondary N) is 1. The molecular formula is C13H12N3O3S-. The summed E-state index contributed by atoms with van der Waals surface area (Å²) >= 11 is 0.962. The molecule has 0 bridgehead atoms. The van der Waals surface area contributed by atoms with E-state index in [-0.39, 0.29) is 10.7 Å². The Balaban J connectivity index is 2.22. The van der Waals surface area contributed by atoms with Gasteiger partial charge < -0.3 is 10.2 Å². The zero-order valence-corrected chi connectivity index (χ0v) is 11.5. The number of rotatable bonds is 5. The van der Waals surface area contributed by atoms with Gasteiger partial charge in [0, 0.05) is 6.42 Å². The predicted octanol–water partition coefficient (Wildman–Crippen LogP) is 1.66. The van der Waals surface area contributed by atoms with Crippen molar-refractivity contribution >= 4 is 23.8 Å². The summed E-state index contributed by atoms with van der Waals surface area (Å²) in [6, 6.07) is 5.92. The third kappa shape index (κ3) is 3.61. The van der Waals surface area contributed by atoms with Crippen LogP contribution in [0.2, 0.25) is 0 Å². The van der Waals surface area contributed by atoms with Gasteiger partial charge in [0.1, 0.15) is 10.7 Å². The molecule has 0 unspecified atom stereocenters. The average Bonchev–Trinajstić information content (AvgIpc) is 2.88. The van der Waals surface area contributed by atoms with Gasteiger partial charge in [-0.3, -0.25) is 5.10 Å². The van der Waals surface area contributed by atoms with E-state index in [0.717, 1.165) is 11.8 Å². The molecule has 0 amide bonds. The number of benzene rings is 1. The van der Waals surface area contributed by atoms with Gasteiger partial charge in [-0.15, -0.1) is 10.8 Å². The molecule has 0 spiro atoms. The first-order valence-electron chi connectivity index (χ1n) is 5.89. The number of aromatic nitrogens is 3. The lowest BCUT2D eigenvalue weighted by atomic mass is 10.2. The third-order valence-corrected chi connectivity index (χ3v) is 3.31. The van der Waals surface area contributed by atoms with E-state index >= 15 is 0 Å². The van der Waals surface area contributed by atoms with Crippen molar-refractivity contribution < 1.29 is 15.0 Å². The smallest absolute Gasteiger partial charge is 0.342 e. The van der Waals surface area contributed by atoms with Gasteiger partial charge in [-0.2, -0.15) is 0 Å². The van der Waals surface area contributed by atoms with Crippen molar-refractivity contribution in [3.63, 3.8) is 0 Å². The summed E-state index contributed by atoms with van der Waals surface area (Å²) in [6.45, 7) is 1.92. The molecule has 2 aromatic rings. The monoisotopic (exact) mass is 290 g/mol. The Hall–Kier alpha value is -2.28. The molecule has 0 aliphatic heterocycles. The number of carboxylic acids is 1. The van der Waals surface area contributed by atoms with Crippen LogP contribution < -0.4 is 5.11 Å². The van der Waals surface area contributed by atoms with Crippen molar-refractivity contribution in [2.24, 2.45) is 0 Å². The van der Waals surface area contributed by atoms with E-state index in [1.165, 1.54) is 18.2 Å². The van der Waals surface area contributed by atoms with Crippen molar-refractivity contribution in [1.29, 1.82) is 0 Å². The summed E-state index contributed by atoms with van der Waals surface area (Å²) in [5, 5.41) is 27.2. The Morgan fingerprint density at radius 1 is 1.45 bits per heavy atom. The molecule has 20 heavy (non-hydrogen) atoms. The highest BCUT2D eigenvalue weighted by Gasteiger charge is 2.13. The van der Waals surface area contributed by atoms with Gasteiger partial charge in [0.25, 0.3) is 0 Å². The largest absolute Gasteiger partial charge is 0.872 e. The van der Waals surface area contributed by atoms with E-state index in [4.69, 9.17) is 0 Å². The van der Waals surface area contributed by atoms with Crippen LogP contribution in [0.5, 0.6) is 5.75 Å². The topological polar surface area (TPSA) is 102 Å². The summed E-state index contributed by atoms with van der Waals surface area (Å²) in [5.74, 6) is -0.481. The summed E-state index contributed by atoms with van der Waals surface area (Å²) < 4.78 is 0. The van der Waals surface area contributed by atoms with E-state index in [1.807, 2.05) is 6.92 Å². The van der Waals surface area contributed by atoms with Crippen LogP contribution in [0, 0.1) is 0 Å². The van der Waals surface area contributed by atoms with Crippen LogP contribution in [0.1, 0.15) is 18.3 Å². The van der Waals surface area contributed by atoms with Gasteiger partial charge in [-0.05, 0) is 23.4 Å². The van der Waals surface area contributed by atoms with E-state index in [0.29, 0.717) is 23.0 Å². The Labute approximate surface area is 119 Å². The summed E-state index contributed by atoms with van der Waals surface area (Å²) in [5.41, 5.74) is 0.640. The first-order chi connectivity index (χ1) is 9.58. The molecule has 0 saturated carbocycles. The molecule has 2 rings (SSSR count). The summed E-state index contributed by atoms with van der Waals surface area (Å²) in [6.07, 6.45) is 2.18. The lowest BCUT2D eigenvalue weighted by Crippen LogP contribution is -1.97. The number of aromatic amines is 1. The number of H-pyrrole nitrogens is 1. The minimum Gasteiger partial charge on any atom is -0.872 e. The van der Waals surface area contributed by atoms with E-state index in [2.05, 4.69) is 15.2 Å². The second-order valence-electron chi connectivity index (χ2n) is 3.90. The predicted molar refractivity (Wildman–Crippen MR) is 73.1 cm³/mol. The molecule has 0 saturated heterocycles. The molecule has 7 heteroatoms. The van der Waals surface area contributed by atoms with E-state index < -0.39 is 5.97 Å². The number of aryl methyl sites for hydroxylation is 1. The number of hydrogen-bond donors (Lipinski definition) is 2. The Bertz CT molecular complexity index is 635. The van der Waals surface area contributed by atoms with Crippen LogP contribution in [-0.2, 0) is 11.2 Å². The van der Waals surface area contributed by atoms with Crippen LogP contribution in [0.4, 0.5) is 0 Å². The fourth-order valence-electron chi connectivity index (χ4n) is 1.43. The van der Waals surface area contributed by atoms with Gasteiger partial charge in [0.2, 0.25) is 5.16 Å². The van der Waals surface area contributed by atoms with Crippen molar-refractivity contribution in [3.05, 3.63) is 40.6 Å². The van der Waals surface area contributed by atoms with Crippen molar-refractivity contribution in [1.82, 2.24) is 15.2 Å². The Morgan fingerprint density at radius 2 is 2.15 bits per heavy atom. The van der Waals surface area contributed by atoms with Gasteiger partial charge in [0.05, 0.1) is 0 Å². The summed E-state index contributed by atoms with van der Waals surface area (Å²) in [4.78, 5) is 15.5. The molecule has 6 nitrogen and oxygen atoms in total. The van der Waals surface area contributed by atoms with Crippen LogP contribution >= 0.6 is 11.8 Å². The average molecular weight is 290 g/mol. The van der Waals surface area contributed by atoms with E-state index in [1.54, 1.807) is 12.1 Å². The van der Waals surface area contributed by atoms with E-state index in [9.17, 15) is 15.0 Å². The maximum Gasteiger partial charge on any atom is 0.342 e. The minimum atomic E-state index is -1.07. The Morgan fingerprint density at radius 3 is 2.70 bits per heavy atom. The second kappa shape index (κ2) is 6.25. The first kappa shape index (κ1) is 14.1. The summed E-state index contributed by atoms with van der Waals surface area (Å²) in [7, 11) is 0. The molecule has 0 aliphatic rings. The number of hydrogen-bond acceptors (Lipinski definition) is 5. The minimum absolute atomic E-state index is 0.0882. The fourth-order valence-corrected chi connectivity index (χ4v) is 2.16. The fraction of sp³-hybridized carbons (Fsp3) is 0.154. The standard InChI is InChI=1S/C13H13N3O3S/c1-2-11-14-13(16-15-11)20-10(12(18)19)7-8-3-5-9(17)6-4-8/h3-7,17H,2H2,1H3,(H,18,19)(H,14,15,16)/p-1/b10-7-. The number of carboxylic acid groups (broad SMARTS) is 1. The zero-order chi connectivity index (χ0) is 14.5. The van der Waals surface area contributed by atoms with Crippen LogP contribution in [0.25, 0.3) is 6.08 Å². The molecule has 0 atom stereocenters. The highest BCUT2D eigenvalue weighted by Crippen LogP contribution is 2.26. The Kier molecular flexibility index (Phi) is 4.41. The quantitative estimate of drug-likeness (QED) is 0.641. The molecule has 1 aromatic carbocycles. The first-order valence-corrected chi connectivity index (χ1v) is 6.71. The van der Waals surface area contributed by atoms with Crippen LogP contribution in [0.3, 0.4) is 0 Å². The molecule has 1 aromatic heterocycles. The zero-order valence-electron chi connectivity index (χ0n) is 10.7. The molecule has 0 fully saturated rings. The molecule has 0 aliphatic carbocycles. The van der Waals surface area contributed by atoms with Gasteiger partial charge in [-0.1, -0.05) is 31.2 Å². The lowest BCUT2D eigenvalue weighted by Gasteiger charge is -2.04. The molecule has 104 valence electrons. The number of thioether (sulfide) groups is 1. The van der Waals surface area contributed by atoms with Crippen molar-refractivity contribution in [2.45, 2.75) is 18.5 Å². The normalized spacial score (nSPS) is 11.6. The molecular weight excluding hydrogens is 278 g/mol. The van der Waals surface area contributed by atoms with Crippen LogP contribution in [-0.4, -0.2) is 26.3 Å². The maximum absolute atomic E-state index is 11.2. The van der Waals surface area contributed by atoms with Crippen LogP contribution in [0.15, 0.2) is 34.3 Å². The van der Waals surface area contributed by atoms with Crippen molar-refractivity contribution in [2.75, 3.05) is 0 Å². The lowest BCUT2D eigenvalue weighted by molar-refractivity contribution is -0.268.